The van der Waals surface area contributed by atoms with Crippen LogP contribution in [0, 0.1) is 5.92 Å². The molecule has 1 aromatic carbocycles. The van der Waals surface area contributed by atoms with E-state index in [1.165, 1.54) is 0 Å². The van der Waals surface area contributed by atoms with Gasteiger partial charge in [-0.2, -0.15) is 0 Å². The Morgan fingerprint density at radius 1 is 1.31 bits per heavy atom. The summed E-state index contributed by atoms with van der Waals surface area (Å²) in [6.45, 7) is 3.53. The van der Waals surface area contributed by atoms with E-state index in [-0.39, 0.29) is 17.9 Å². The summed E-state index contributed by atoms with van der Waals surface area (Å²) in [5, 5.41) is 12.1. The monoisotopic (exact) mass is 364 g/mol. The molecule has 2 atom stereocenters. The molecule has 144 valence electrons. The van der Waals surface area contributed by atoms with Crippen LogP contribution in [-0.2, 0) is 16.0 Å². The predicted molar refractivity (Wildman–Crippen MR) is 97.7 cm³/mol. The Balaban J connectivity index is 1.83. The van der Waals surface area contributed by atoms with E-state index in [1.54, 1.807) is 14.2 Å². The predicted octanol–water partition coefficient (Wildman–Crippen LogP) is 1.55. The van der Waals surface area contributed by atoms with Crippen molar-refractivity contribution in [1.29, 1.82) is 0 Å². The number of piperidine rings is 1. The molecule has 1 aliphatic rings. The first-order valence-electron chi connectivity index (χ1n) is 8.91. The average molecular weight is 364 g/mol. The number of carbonyl (C=O) groups excluding carboxylic acids is 1. The summed E-state index contributed by atoms with van der Waals surface area (Å²) in [7, 11) is 3.18. The summed E-state index contributed by atoms with van der Waals surface area (Å²) in [5.74, 6) is 0.0998. The number of amides is 1. The SMILES string of the molecule is COc1ccc(CCNC(=O)C(C)N2CCCC(C(=O)O)C2)cc1OC. The maximum absolute atomic E-state index is 12.4. The number of ether oxygens (including phenoxy) is 2. The van der Waals surface area contributed by atoms with Crippen molar-refractivity contribution in [2.45, 2.75) is 32.2 Å². The second-order valence-electron chi connectivity index (χ2n) is 6.58. The molecule has 2 N–H and O–H groups in total. The standard InChI is InChI=1S/C19H28N2O5/c1-13(21-10-4-5-15(12-21)19(23)24)18(22)20-9-8-14-6-7-16(25-2)17(11-14)26-3/h6-7,11,13,15H,4-5,8-10,12H2,1-3H3,(H,20,22)(H,23,24). The first-order valence-corrected chi connectivity index (χ1v) is 8.91. The van der Waals surface area contributed by atoms with Crippen LogP contribution < -0.4 is 14.8 Å². The summed E-state index contributed by atoms with van der Waals surface area (Å²) in [6, 6.07) is 5.36. The van der Waals surface area contributed by atoms with Gasteiger partial charge in [0.05, 0.1) is 26.2 Å². The number of aliphatic carboxylic acids is 1. The molecule has 1 saturated heterocycles. The Morgan fingerprint density at radius 2 is 2.04 bits per heavy atom. The van der Waals surface area contributed by atoms with Crippen LogP contribution >= 0.6 is 0 Å². The maximum atomic E-state index is 12.4. The van der Waals surface area contributed by atoms with Gasteiger partial charge < -0.3 is 19.9 Å². The van der Waals surface area contributed by atoms with Gasteiger partial charge in [-0.05, 0) is 50.4 Å². The van der Waals surface area contributed by atoms with Crippen molar-refractivity contribution in [1.82, 2.24) is 10.2 Å². The fourth-order valence-corrected chi connectivity index (χ4v) is 3.24. The van der Waals surface area contributed by atoms with Gasteiger partial charge in [-0.15, -0.1) is 0 Å². The Hall–Kier alpha value is -2.28. The molecular weight excluding hydrogens is 336 g/mol. The van der Waals surface area contributed by atoms with Crippen LogP contribution in [0.2, 0.25) is 0 Å². The molecule has 1 amide bonds. The molecule has 0 aliphatic carbocycles. The third kappa shape index (κ3) is 5.11. The third-order valence-electron chi connectivity index (χ3n) is 4.89. The minimum Gasteiger partial charge on any atom is -0.493 e. The van der Waals surface area contributed by atoms with E-state index in [4.69, 9.17) is 9.47 Å². The first kappa shape index (κ1) is 20.0. The van der Waals surface area contributed by atoms with Gasteiger partial charge in [-0.1, -0.05) is 6.07 Å². The number of benzene rings is 1. The van der Waals surface area contributed by atoms with Gasteiger partial charge in [-0.3, -0.25) is 14.5 Å². The lowest BCUT2D eigenvalue weighted by atomic mass is 9.97. The van der Waals surface area contributed by atoms with Crippen molar-refractivity contribution in [3.8, 4) is 11.5 Å². The fraction of sp³-hybridized carbons (Fsp3) is 0.579. The van der Waals surface area contributed by atoms with Gasteiger partial charge in [0.15, 0.2) is 11.5 Å². The third-order valence-corrected chi connectivity index (χ3v) is 4.89. The molecule has 0 spiro atoms. The lowest BCUT2D eigenvalue weighted by Gasteiger charge is -2.34. The van der Waals surface area contributed by atoms with E-state index in [9.17, 15) is 14.7 Å². The molecule has 26 heavy (non-hydrogen) atoms. The molecule has 1 fully saturated rings. The normalized spacial score (nSPS) is 18.8. The second-order valence-corrected chi connectivity index (χ2v) is 6.58. The minimum atomic E-state index is -0.782. The molecule has 0 radical (unpaired) electrons. The van der Waals surface area contributed by atoms with Crippen LogP contribution in [0.3, 0.4) is 0 Å². The lowest BCUT2D eigenvalue weighted by molar-refractivity contribution is -0.145. The van der Waals surface area contributed by atoms with Gasteiger partial charge >= 0.3 is 5.97 Å². The summed E-state index contributed by atoms with van der Waals surface area (Å²) >= 11 is 0. The highest BCUT2D eigenvalue weighted by atomic mass is 16.5. The highest BCUT2D eigenvalue weighted by Gasteiger charge is 2.30. The zero-order valence-corrected chi connectivity index (χ0v) is 15.7. The number of likely N-dealkylation sites (tertiary alicyclic amines) is 1. The van der Waals surface area contributed by atoms with Crippen molar-refractivity contribution < 1.29 is 24.2 Å². The average Bonchev–Trinajstić information content (AvgIpc) is 2.67. The molecule has 0 aromatic heterocycles. The van der Waals surface area contributed by atoms with E-state index in [0.717, 1.165) is 18.5 Å². The van der Waals surface area contributed by atoms with Gasteiger partial charge in [0.2, 0.25) is 5.91 Å². The smallest absolute Gasteiger partial charge is 0.307 e. The summed E-state index contributed by atoms with van der Waals surface area (Å²) < 4.78 is 10.5. The summed E-state index contributed by atoms with van der Waals surface area (Å²) in [5.41, 5.74) is 1.04. The molecular formula is C19H28N2O5. The number of carboxylic acid groups (broad SMARTS) is 1. The van der Waals surface area contributed by atoms with Crippen LogP contribution in [0.15, 0.2) is 18.2 Å². The van der Waals surface area contributed by atoms with Gasteiger partial charge in [0.25, 0.3) is 0 Å². The Morgan fingerprint density at radius 3 is 2.69 bits per heavy atom. The quantitative estimate of drug-likeness (QED) is 0.728. The van der Waals surface area contributed by atoms with Gasteiger partial charge in [0, 0.05) is 13.1 Å². The van der Waals surface area contributed by atoms with Crippen molar-refractivity contribution in [2.24, 2.45) is 5.92 Å². The molecule has 7 heteroatoms. The lowest BCUT2D eigenvalue weighted by Crippen LogP contribution is -2.50. The number of nitrogens with zero attached hydrogens (tertiary/aromatic N) is 1. The highest BCUT2D eigenvalue weighted by Crippen LogP contribution is 2.27. The maximum Gasteiger partial charge on any atom is 0.307 e. The van der Waals surface area contributed by atoms with E-state index in [0.29, 0.717) is 37.4 Å². The van der Waals surface area contributed by atoms with Crippen LogP contribution in [-0.4, -0.2) is 61.8 Å². The fourth-order valence-electron chi connectivity index (χ4n) is 3.24. The van der Waals surface area contributed by atoms with Crippen molar-refractivity contribution >= 4 is 11.9 Å². The second kappa shape index (κ2) is 9.43. The number of hydrogen-bond donors (Lipinski definition) is 2. The van der Waals surface area contributed by atoms with E-state index in [1.807, 2.05) is 30.0 Å². The van der Waals surface area contributed by atoms with Crippen molar-refractivity contribution in [2.75, 3.05) is 33.9 Å². The number of rotatable bonds is 8. The largest absolute Gasteiger partial charge is 0.493 e. The first-order chi connectivity index (χ1) is 12.5. The van der Waals surface area contributed by atoms with Crippen molar-refractivity contribution in [3.05, 3.63) is 23.8 Å². The van der Waals surface area contributed by atoms with E-state index in [2.05, 4.69) is 5.32 Å². The molecule has 0 saturated carbocycles. The van der Waals surface area contributed by atoms with Gasteiger partial charge in [0.1, 0.15) is 0 Å². The number of hydrogen-bond acceptors (Lipinski definition) is 5. The molecule has 7 nitrogen and oxygen atoms in total. The summed E-state index contributed by atoms with van der Waals surface area (Å²) in [6.07, 6.45) is 2.16. The summed E-state index contributed by atoms with van der Waals surface area (Å²) in [4.78, 5) is 25.5. The molecule has 1 heterocycles. The Kier molecular flexibility index (Phi) is 7.26. The minimum absolute atomic E-state index is 0.0727. The molecule has 2 rings (SSSR count). The van der Waals surface area contributed by atoms with E-state index >= 15 is 0 Å². The Labute approximate surface area is 154 Å². The van der Waals surface area contributed by atoms with Crippen LogP contribution in [0.25, 0.3) is 0 Å². The molecule has 0 bridgehead atoms. The molecule has 2 unspecified atom stereocenters. The molecule has 1 aromatic rings. The zero-order valence-electron chi connectivity index (χ0n) is 15.7. The van der Waals surface area contributed by atoms with E-state index < -0.39 is 5.97 Å². The van der Waals surface area contributed by atoms with Crippen LogP contribution in [0.1, 0.15) is 25.3 Å². The number of carboxylic acids is 1. The highest BCUT2D eigenvalue weighted by molar-refractivity contribution is 5.81. The Bertz CT molecular complexity index is 634. The zero-order chi connectivity index (χ0) is 19.1. The number of methoxy groups -OCH3 is 2. The molecule has 1 aliphatic heterocycles. The number of nitrogens with one attached hydrogen (secondary N) is 1. The van der Waals surface area contributed by atoms with Crippen LogP contribution in [0.4, 0.5) is 0 Å². The number of carbonyl (C=O) groups is 2. The topological polar surface area (TPSA) is 88.1 Å². The van der Waals surface area contributed by atoms with Crippen molar-refractivity contribution in [3.63, 3.8) is 0 Å². The van der Waals surface area contributed by atoms with Gasteiger partial charge in [-0.25, -0.2) is 0 Å². The van der Waals surface area contributed by atoms with Crippen LogP contribution in [0.5, 0.6) is 11.5 Å².